The number of aromatic nitrogens is 3. The van der Waals surface area contributed by atoms with Gasteiger partial charge in [-0.15, -0.1) is 5.10 Å². The van der Waals surface area contributed by atoms with Crippen LogP contribution in [0.4, 0.5) is 4.39 Å². The average Bonchev–Trinajstić information content (AvgIpc) is 2.88. The number of benzene rings is 1. The normalized spacial score (nSPS) is 18.3. The highest BCUT2D eigenvalue weighted by atomic mass is 19.1. The Morgan fingerprint density at radius 1 is 1.37 bits per heavy atom. The Balaban J connectivity index is 1.47. The van der Waals surface area contributed by atoms with Crippen LogP contribution in [0, 0.1) is 5.82 Å². The summed E-state index contributed by atoms with van der Waals surface area (Å²) in [6.45, 7) is 2.70. The van der Waals surface area contributed by atoms with Gasteiger partial charge in [0.05, 0.1) is 31.1 Å². The Morgan fingerprint density at radius 3 is 3.05 bits per heavy atom. The molecule has 3 rings (SSSR count). The number of halogens is 1. The number of nitrogens with zero attached hydrogens (tertiary/aromatic N) is 3. The van der Waals surface area contributed by atoms with Gasteiger partial charge in [0.2, 0.25) is 0 Å². The molecule has 100 valence electrons. The van der Waals surface area contributed by atoms with Gasteiger partial charge < -0.3 is 10.1 Å². The molecule has 0 radical (unpaired) electrons. The summed E-state index contributed by atoms with van der Waals surface area (Å²) in [6, 6.07) is 6.49. The Labute approximate surface area is 110 Å². The molecule has 0 spiro atoms. The van der Waals surface area contributed by atoms with Gasteiger partial charge in [0.1, 0.15) is 5.82 Å². The van der Waals surface area contributed by atoms with E-state index in [1.165, 1.54) is 12.1 Å². The Kier molecular flexibility index (Phi) is 3.52. The zero-order valence-corrected chi connectivity index (χ0v) is 10.4. The van der Waals surface area contributed by atoms with E-state index in [0.29, 0.717) is 19.7 Å². The summed E-state index contributed by atoms with van der Waals surface area (Å²) < 4.78 is 20.3. The number of ether oxygens (including phenoxy) is 1. The molecular weight excluding hydrogens is 247 g/mol. The summed E-state index contributed by atoms with van der Waals surface area (Å²) in [7, 11) is 0. The molecule has 2 aromatic rings. The monoisotopic (exact) mass is 262 g/mol. The van der Waals surface area contributed by atoms with Crippen LogP contribution in [0.2, 0.25) is 0 Å². The lowest BCUT2D eigenvalue weighted by Gasteiger charge is -2.23. The molecule has 1 aromatic carbocycles. The second-order valence-electron chi connectivity index (χ2n) is 4.60. The maximum absolute atomic E-state index is 12.8. The van der Waals surface area contributed by atoms with Crippen molar-refractivity contribution in [2.45, 2.75) is 25.8 Å². The van der Waals surface area contributed by atoms with Gasteiger partial charge in [0, 0.05) is 13.1 Å². The van der Waals surface area contributed by atoms with Crippen molar-refractivity contribution in [3.8, 4) is 0 Å². The van der Waals surface area contributed by atoms with Crippen LogP contribution in [0.3, 0.4) is 0 Å². The fourth-order valence-corrected chi connectivity index (χ4v) is 2.10. The van der Waals surface area contributed by atoms with Crippen molar-refractivity contribution in [2.75, 3.05) is 6.54 Å². The van der Waals surface area contributed by atoms with E-state index < -0.39 is 0 Å². The van der Waals surface area contributed by atoms with E-state index in [1.807, 2.05) is 4.68 Å². The molecule has 1 N–H and O–H groups in total. The predicted octanol–water partition coefficient (Wildman–Crippen LogP) is 1.11. The minimum atomic E-state index is -0.210. The van der Waals surface area contributed by atoms with E-state index in [9.17, 15) is 4.39 Å². The van der Waals surface area contributed by atoms with Crippen LogP contribution in [0.25, 0.3) is 0 Å². The maximum atomic E-state index is 12.8. The van der Waals surface area contributed by atoms with Gasteiger partial charge in [-0.3, -0.25) is 0 Å². The first-order chi connectivity index (χ1) is 9.31. The molecule has 19 heavy (non-hydrogen) atoms. The summed E-state index contributed by atoms with van der Waals surface area (Å²) in [5, 5.41) is 11.2. The summed E-state index contributed by atoms with van der Waals surface area (Å²) in [6.07, 6.45) is 1.82. The zero-order chi connectivity index (χ0) is 13.1. The van der Waals surface area contributed by atoms with Crippen LogP contribution in [-0.2, 0) is 24.4 Å². The van der Waals surface area contributed by atoms with Crippen LogP contribution in [-0.4, -0.2) is 27.6 Å². The second kappa shape index (κ2) is 5.46. The van der Waals surface area contributed by atoms with Crippen molar-refractivity contribution in [2.24, 2.45) is 0 Å². The molecule has 1 atom stereocenters. The summed E-state index contributed by atoms with van der Waals surface area (Å²) >= 11 is 0. The average molecular weight is 262 g/mol. The number of hydrogen-bond acceptors (Lipinski definition) is 4. The van der Waals surface area contributed by atoms with Crippen molar-refractivity contribution in [3.05, 3.63) is 47.5 Å². The molecule has 0 saturated carbocycles. The molecule has 5 nitrogen and oxygen atoms in total. The van der Waals surface area contributed by atoms with Gasteiger partial charge in [-0.05, 0) is 17.7 Å². The standard InChI is InChI=1S/C13H15FN4O/c14-11-3-1-10(2-4-11)5-15-7-13-8-18-12(9-19-13)6-16-17-18/h1-4,6,13,15H,5,7-9H2/t13-/m0/s1. The molecule has 6 heteroatoms. The van der Waals surface area contributed by atoms with E-state index in [4.69, 9.17) is 4.74 Å². The van der Waals surface area contributed by atoms with Crippen LogP contribution >= 0.6 is 0 Å². The predicted molar refractivity (Wildman–Crippen MR) is 66.7 cm³/mol. The van der Waals surface area contributed by atoms with E-state index in [2.05, 4.69) is 15.6 Å². The van der Waals surface area contributed by atoms with Crippen LogP contribution in [0.1, 0.15) is 11.3 Å². The van der Waals surface area contributed by atoms with Gasteiger partial charge in [-0.2, -0.15) is 0 Å². The van der Waals surface area contributed by atoms with Crippen molar-refractivity contribution in [1.29, 1.82) is 0 Å². The highest BCUT2D eigenvalue weighted by Gasteiger charge is 2.19. The fourth-order valence-electron chi connectivity index (χ4n) is 2.10. The minimum absolute atomic E-state index is 0.0923. The number of fused-ring (bicyclic) bond motifs is 1. The zero-order valence-electron chi connectivity index (χ0n) is 10.4. The third kappa shape index (κ3) is 2.97. The SMILES string of the molecule is Fc1ccc(CNC[C@H]2Cn3nncc3CO2)cc1. The number of rotatable bonds is 4. The highest BCUT2D eigenvalue weighted by Crippen LogP contribution is 2.11. The van der Waals surface area contributed by atoms with E-state index in [1.54, 1.807) is 18.3 Å². The Hall–Kier alpha value is -1.79. The lowest BCUT2D eigenvalue weighted by Crippen LogP contribution is -2.36. The Bertz CT molecular complexity index is 540. The quantitative estimate of drug-likeness (QED) is 0.896. The molecule has 0 aliphatic carbocycles. The summed E-state index contributed by atoms with van der Waals surface area (Å²) in [4.78, 5) is 0. The van der Waals surface area contributed by atoms with Crippen LogP contribution in [0.15, 0.2) is 30.5 Å². The van der Waals surface area contributed by atoms with Gasteiger partial charge in [-0.1, -0.05) is 17.3 Å². The summed E-state index contributed by atoms with van der Waals surface area (Å²) in [5.74, 6) is -0.210. The maximum Gasteiger partial charge on any atom is 0.123 e. The van der Waals surface area contributed by atoms with Crippen LogP contribution < -0.4 is 5.32 Å². The highest BCUT2D eigenvalue weighted by molar-refractivity contribution is 5.15. The molecule has 1 aromatic heterocycles. The van der Waals surface area contributed by atoms with Gasteiger partial charge in [0.25, 0.3) is 0 Å². The van der Waals surface area contributed by atoms with Crippen molar-refractivity contribution < 1.29 is 9.13 Å². The minimum Gasteiger partial charge on any atom is -0.369 e. The molecule has 0 amide bonds. The van der Waals surface area contributed by atoms with E-state index >= 15 is 0 Å². The fraction of sp³-hybridized carbons (Fsp3) is 0.385. The third-order valence-corrected chi connectivity index (χ3v) is 3.16. The second-order valence-corrected chi connectivity index (χ2v) is 4.60. The van der Waals surface area contributed by atoms with E-state index in [0.717, 1.165) is 17.8 Å². The number of hydrogen-bond donors (Lipinski definition) is 1. The first-order valence-corrected chi connectivity index (χ1v) is 6.25. The van der Waals surface area contributed by atoms with Crippen molar-refractivity contribution >= 4 is 0 Å². The molecular formula is C13H15FN4O. The largest absolute Gasteiger partial charge is 0.369 e. The molecule has 2 heterocycles. The number of nitrogens with one attached hydrogen (secondary N) is 1. The Morgan fingerprint density at radius 2 is 2.21 bits per heavy atom. The summed E-state index contributed by atoms with van der Waals surface area (Å²) in [5.41, 5.74) is 2.06. The van der Waals surface area contributed by atoms with Crippen molar-refractivity contribution in [1.82, 2.24) is 20.3 Å². The molecule has 0 saturated heterocycles. The van der Waals surface area contributed by atoms with Gasteiger partial charge in [-0.25, -0.2) is 9.07 Å². The molecule has 1 aliphatic heterocycles. The van der Waals surface area contributed by atoms with Gasteiger partial charge >= 0.3 is 0 Å². The van der Waals surface area contributed by atoms with Crippen LogP contribution in [0.5, 0.6) is 0 Å². The lowest BCUT2D eigenvalue weighted by molar-refractivity contribution is 0.000980. The topological polar surface area (TPSA) is 52.0 Å². The molecule has 0 unspecified atom stereocenters. The van der Waals surface area contributed by atoms with Gasteiger partial charge in [0.15, 0.2) is 0 Å². The van der Waals surface area contributed by atoms with Crippen molar-refractivity contribution in [3.63, 3.8) is 0 Å². The smallest absolute Gasteiger partial charge is 0.123 e. The molecule has 1 aliphatic rings. The lowest BCUT2D eigenvalue weighted by atomic mass is 10.2. The third-order valence-electron chi connectivity index (χ3n) is 3.16. The molecule has 0 fully saturated rings. The first kappa shape index (κ1) is 12.3. The van der Waals surface area contributed by atoms with E-state index in [-0.39, 0.29) is 11.9 Å². The first-order valence-electron chi connectivity index (χ1n) is 6.25. The molecule has 0 bridgehead atoms.